The molecule has 0 bridgehead atoms. The molecule has 0 heterocycles. The summed E-state index contributed by atoms with van der Waals surface area (Å²) in [6.45, 7) is 7.26. The van der Waals surface area contributed by atoms with E-state index >= 15 is 0 Å². The Labute approximate surface area is 101 Å². The summed E-state index contributed by atoms with van der Waals surface area (Å²) < 4.78 is 26.1. The van der Waals surface area contributed by atoms with E-state index in [0.717, 1.165) is 24.6 Å². The zero-order valence-corrected chi connectivity index (χ0v) is 10.6. The molecule has 0 aliphatic heterocycles. The van der Waals surface area contributed by atoms with Gasteiger partial charge in [0.1, 0.15) is 11.6 Å². The molecule has 1 N–H and O–H groups in total. The second-order valence-electron chi connectivity index (χ2n) is 5.94. The van der Waals surface area contributed by atoms with Crippen molar-refractivity contribution in [2.75, 3.05) is 6.54 Å². The Kier molecular flexibility index (Phi) is 3.21. The first kappa shape index (κ1) is 12.5. The summed E-state index contributed by atoms with van der Waals surface area (Å²) in [7, 11) is 0. The smallest absolute Gasteiger partial charge is 0.126 e. The van der Waals surface area contributed by atoms with E-state index in [1.807, 2.05) is 0 Å². The van der Waals surface area contributed by atoms with Crippen LogP contribution < -0.4 is 5.32 Å². The minimum atomic E-state index is -0.477. The van der Waals surface area contributed by atoms with Crippen LogP contribution in [0.25, 0.3) is 0 Å². The molecule has 2 atom stereocenters. The summed E-state index contributed by atoms with van der Waals surface area (Å²) in [6, 6.07) is 3.82. The number of halogens is 2. The highest BCUT2D eigenvalue weighted by Gasteiger charge is 2.38. The maximum absolute atomic E-state index is 13.1. The zero-order valence-electron chi connectivity index (χ0n) is 10.6. The van der Waals surface area contributed by atoms with Crippen molar-refractivity contribution in [2.24, 2.45) is 5.92 Å². The van der Waals surface area contributed by atoms with E-state index in [1.54, 1.807) is 0 Å². The molecule has 2 rings (SSSR count). The van der Waals surface area contributed by atoms with E-state index in [4.69, 9.17) is 0 Å². The van der Waals surface area contributed by atoms with Crippen molar-refractivity contribution in [3.63, 3.8) is 0 Å². The van der Waals surface area contributed by atoms with Gasteiger partial charge in [0.05, 0.1) is 0 Å². The molecular weight excluding hydrogens is 220 g/mol. The van der Waals surface area contributed by atoms with Gasteiger partial charge in [0.2, 0.25) is 0 Å². The van der Waals surface area contributed by atoms with E-state index in [9.17, 15) is 8.78 Å². The third-order valence-electron chi connectivity index (χ3n) is 3.13. The average Bonchev–Trinajstić information content (AvgIpc) is 2.91. The van der Waals surface area contributed by atoms with E-state index in [1.165, 1.54) is 12.1 Å². The third kappa shape index (κ3) is 3.50. The van der Waals surface area contributed by atoms with Gasteiger partial charge in [0.15, 0.2) is 0 Å². The van der Waals surface area contributed by atoms with Gasteiger partial charge in [-0.05, 0) is 63.3 Å². The predicted octanol–water partition coefficient (Wildman–Crippen LogP) is 3.46. The lowest BCUT2D eigenvalue weighted by atomic mass is 10.1. The Morgan fingerprint density at radius 2 is 1.76 bits per heavy atom. The number of nitrogens with one attached hydrogen (secondary N) is 1. The molecule has 1 aliphatic carbocycles. The summed E-state index contributed by atoms with van der Waals surface area (Å²) in [5.41, 5.74) is 0.892. The van der Waals surface area contributed by atoms with Crippen molar-refractivity contribution in [2.45, 2.75) is 38.6 Å². The Bertz CT molecular complexity index is 389. The molecule has 0 spiro atoms. The maximum atomic E-state index is 13.1. The van der Waals surface area contributed by atoms with Crippen LogP contribution in [0.3, 0.4) is 0 Å². The van der Waals surface area contributed by atoms with Crippen LogP contribution in [0.2, 0.25) is 0 Å². The van der Waals surface area contributed by atoms with Crippen LogP contribution in [0.4, 0.5) is 8.78 Å². The predicted molar refractivity (Wildman–Crippen MR) is 65.0 cm³/mol. The van der Waals surface area contributed by atoms with Gasteiger partial charge in [0, 0.05) is 11.6 Å². The first-order valence-electron chi connectivity index (χ1n) is 6.06. The molecule has 0 saturated heterocycles. The highest BCUT2D eigenvalue weighted by atomic mass is 19.1. The number of benzene rings is 1. The first-order chi connectivity index (χ1) is 7.85. The summed E-state index contributed by atoms with van der Waals surface area (Å²) in [5.74, 6) is -0.130. The summed E-state index contributed by atoms with van der Waals surface area (Å²) >= 11 is 0. The van der Waals surface area contributed by atoms with E-state index in [-0.39, 0.29) is 5.54 Å². The van der Waals surface area contributed by atoms with Crippen molar-refractivity contribution in [1.29, 1.82) is 0 Å². The molecule has 0 amide bonds. The van der Waals surface area contributed by atoms with E-state index in [2.05, 4.69) is 26.1 Å². The minimum Gasteiger partial charge on any atom is -0.312 e. The second kappa shape index (κ2) is 4.37. The van der Waals surface area contributed by atoms with Crippen LogP contribution in [0.15, 0.2) is 18.2 Å². The highest BCUT2D eigenvalue weighted by Crippen LogP contribution is 2.47. The number of hydrogen-bond donors (Lipinski definition) is 1. The fourth-order valence-electron chi connectivity index (χ4n) is 2.11. The molecule has 94 valence electrons. The lowest BCUT2D eigenvalue weighted by Gasteiger charge is -2.20. The molecule has 1 nitrogen and oxygen atoms in total. The van der Waals surface area contributed by atoms with Gasteiger partial charge in [-0.25, -0.2) is 8.78 Å². The van der Waals surface area contributed by atoms with Gasteiger partial charge in [-0.15, -0.1) is 0 Å². The molecule has 17 heavy (non-hydrogen) atoms. The zero-order chi connectivity index (χ0) is 12.6. The first-order valence-corrected chi connectivity index (χ1v) is 6.06. The van der Waals surface area contributed by atoms with E-state index in [0.29, 0.717) is 11.8 Å². The van der Waals surface area contributed by atoms with Crippen LogP contribution in [0.1, 0.15) is 38.7 Å². The van der Waals surface area contributed by atoms with Crippen LogP contribution in [-0.2, 0) is 0 Å². The Morgan fingerprint density at radius 3 is 2.29 bits per heavy atom. The SMILES string of the molecule is CC(C)(C)NCC1CC1c1cc(F)cc(F)c1. The quantitative estimate of drug-likeness (QED) is 0.851. The molecular formula is C14H19F2N. The largest absolute Gasteiger partial charge is 0.312 e. The monoisotopic (exact) mass is 239 g/mol. The lowest BCUT2D eigenvalue weighted by molar-refractivity contribution is 0.414. The number of rotatable bonds is 3. The molecule has 1 fully saturated rings. The fraction of sp³-hybridized carbons (Fsp3) is 0.571. The van der Waals surface area contributed by atoms with Gasteiger partial charge in [-0.3, -0.25) is 0 Å². The highest BCUT2D eigenvalue weighted by molar-refractivity contribution is 5.27. The topological polar surface area (TPSA) is 12.0 Å². The van der Waals surface area contributed by atoms with Gasteiger partial charge in [-0.2, -0.15) is 0 Å². The van der Waals surface area contributed by atoms with Crippen molar-refractivity contribution in [3.8, 4) is 0 Å². The lowest BCUT2D eigenvalue weighted by Crippen LogP contribution is -2.37. The van der Waals surface area contributed by atoms with Crippen molar-refractivity contribution in [1.82, 2.24) is 5.32 Å². The Morgan fingerprint density at radius 1 is 1.18 bits per heavy atom. The molecule has 1 aliphatic rings. The van der Waals surface area contributed by atoms with Crippen molar-refractivity contribution < 1.29 is 8.78 Å². The Hall–Kier alpha value is -0.960. The Balaban J connectivity index is 1.94. The molecule has 3 heteroatoms. The summed E-state index contributed by atoms with van der Waals surface area (Å²) in [5, 5.41) is 3.43. The molecule has 2 unspecified atom stereocenters. The van der Waals surface area contributed by atoms with Crippen molar-refractivity contribution >= 4 is 0 Å². The van der Waals surface area contributed by atoms with Crippen molar-refractivity contribution in [3.05, 3.63) is 35.4 Å². The third-order valence-corrected chi connectivity index (χ3v) is 3.13. The fourth-order valence-corrected chi connectivity index (χ4v) is 2.11. The minimum absolute atomic E-state index is 0.0975. The molecule has 1 aromatic carbocycles. The molecule has 0 aromatic heterocycles. The van der Waals surface area contributed by atoms with E-state index < -0.39 is 11.6 Å². The van der Waals surface area contributed by atoms with Gasteiger partial charge < -0.3 is 5.32 Å². The number of hydrogen-bond acceptors (Lipinski definition) is 1. The van der Waals surface area contributed by atoms with Crippen LogP contribution in [-0.4, -0.2) is 12.1 Å². The van der Waals surface area contributed by atoms with Crippen LogP contribution in [0, 0.1) is 17.6 Å². The molecule has 1 aromatic rings. The standard InChI is InChI=1S/C14H19F2N/c1-14(2,3)17-8-10-6-13(10)9-4-11(15)7-12(16)5-9/h4-5,7,10,13,17H,6,8H2,1-3H3. The van der Waals surface area contributed by atoms with Crippen LogP contribution in [0.5, 0.6) is 0 Å². The molecule has 0 radical (unpaired) electrons. The molecule has 1 saturated carbocycles. The van der Waals surface area contributed by atoms with Gasteiger partial charge >= 0.3 is 0 Å². The summed E-state index contributed by atoms with van der Waals surface area (Å²) in [6.07, 6.45) is 1.02. The second-order valence-corrected chi connectivity index (χ2v) is 5.94. The maximum Gasteiger partial charge on any atom is 0.126 e. The summed E-state index contributed by atoms with van der Waals surface area (Å²) in [4.78, 5) is 0. The van der Waals surface area contributed by atoms with Gasteiger partial charge in [-0.1, -0.05) is 0 Å². The normalized spacial score (nSPS) is 23.8. The van der Waals surface area contributed by atoms with Gasteiger partial charge in [0.25, 0.3) is 0 Å². The van der Waals surface area contributed by atoms with Crippen LogP contribution >= 0.6 is 0 Å². The average molecular weight is 239 g/mol.